The molecule has 0 spiro atoms. The lowest BCUT2D eigenvalue weighted by atomic mass is 9.96. The van der Waals surface area contributed by atoms with E-state index in [4.69, 9.17) is 11.6 Å². The molecule has 4 rings (SSSR count). The Bertz CT molecular complexity index is 1300. The van der Waals surface area contributed by atoms with Crippen molar-refractivity contribution in [1.82, 2.24) is 26.4 Å². The average molecular weight is 468 g/mol. The van der Waals surface area contributed by atoms with Crippen molar-refractivity contribution < 1.29 is 5.76 Å². The Hall–Kier alpha value is -3.61. The van der Waals surface area contributed by atoms with Crippen molar-refractivity contribution in [3.05, 3.63) is 70.7 Å². The minimum absolute atomic E-state index is 0.0332. The zero-order valence-corrected chi connectivity index (χ0v) is 19.1. The van der Waals surface area contributed by atoms with Crippen LogP contribution in [0.2, 0.25) is 5.02 Å². The molecule has 0 amide bonds. The fraction of sp³-hybridized carbons (Fsp3) is 0.261. The molecule has 10 heteroatoms. The van der Waals surface area contributed by atoms with Crippen molar-refractivity contribution in [2.75, 3.05) is 17.2 Å². The van der Waals surface area contributed by atoms with E-state index in [9.17, 15) is 11.0 Å². The summed E-state index contributed by atoms with van der Waals surface area (Å²) in [5.41, 5.74) is 11.2. The van der Waals surface area contributed by atoms with E-state index in [-0.39, 0.29) is 5.41 Å². The number of hydrogen-bond acceptors (Lipinski definition) is 8. The van der Waals surface area contributed by atoms with Crippen molar-refractivity contribution in [3.8, 4) is 6.07 Å². The van der Waals surface area contributed by atoms with Crippen LogP contribution in [0, 0.1) is 22.7 Å². The van der Waals surface area contributed by atoms with E-state index >= 15 is 0 Å². The molecule has 5 N–H and O–H groups in total. The van der Waals surface area contributed by atoms with Gasteiger partial charge in [-0.25, -0.2) is 4.98 Å². The minimum Gasteiger partial charge on any atom is -0.383 e. The Balaban J connectivity index is 1.83. The fourth-order valence-electron chi connectivity index (χ4n) is 3.31. The number of anilines is 2. The van der Waals surface area contributed by atoms with Gasteiger partial charge in [0.15, 0.2) is 0 Å². The molecular formula is C23H24ClFN8. The van der Waals surface area contributed by atoms with Crippen molar-refractivity contribution in [1.29, 1.82) is 5.26 Å². The second-order valence-corrected chi connectivity index (χ2v) is 9.16. The topological polar surface area (TPSA) is 110 Å². The van der Waals surface area contributed by atoms with E-state index in [1.54, 1.807) is 18.3 Å². The van der Waals surface area contributed by atoms with Crippen molar-refractivity contribution in [3.63, 3.8) is 0 Å². The standard InChI is InChI=1S/C23H24ClFN8/c1-23(2,3)12-29-20-14(8-26)10-28-22-16(20)6-15(7-17(22)24)31-21(18-11-30-33-32-18)13-4-5-19(25)27-9-13/h4-7,9-11,21,30-33H,12H2,1-3H3,(H,28,29)/t21-/m1/s1/i21D. The Morgan fingerprint density at radius 3 is 2.73 bits per heavy atom. The molecule has 170 valence electrons. The van der Waals surface area contributed by atoms with E-state index in [2.05, 4.69) is 63.8 Å². The zero-order valence-electron chi connectivity index (χ0n) is 19.3. The number of aromatic nitrogens is 2. The molecule has 3 aromatic rings. The molecule has 0 aliphatic carbocycles. The number of pyridine rings is 2. The average Bonchev–Trinajstić information content (AvgIpc) is 3.33. The molecule has 1 aliphatic rings. The van der Waals surface area contributed by atoms with Gasteiger partial charge in [-0.05, 0) is 29.2 Å². The number of benzene rings is 1. The predicted octanol–water partition coefficient (Wildman–Crippen LogP) is 4.36. The summed E-state index contributed by atoms with van der Waals surface area (Å²) in [5, 5.41) is 17.2. The third-order valence-electron chi connectivity index (χ3n) is 4.88. The molecule has 1 aliphatic heterocycles. The third-order valence-corrected chi connectivity index (χ3v) is 5.17. The SMILES string of the molecule is [2H][C@](Nc1cc(Cl)c2ncc(C#N)c(NCC(C)(C)C)c2c1)(C1=CNNN1)c1ccc(F)nc1. The molecular weight excluding hydrogens is 443 g/mol. The quantitative estimate of drug-likeness (QED) is 0.340. The van der Waals surface area contributed by atoms with Crippen LogP contribution in [0.1, 0.15) is 39.3 Å². The molecule has 0 saturated heterocycles. The molecule has 0 radical (unpaired) electrons. The molecule has 33 heavy (non-hydrogen) atoms. The first-order chi connectivity index (χ1) is 16.1. The molecule has 0 fully saturated rings. The molecule has 0 saturated carbocycles. The molecule has 0 unspecified atom stereocenters. The first kappa shape index (κ1) is 21.2. The number of rotatable bonds is 6. The Kier molecular flexibility index (Phi) is 5.86. The summed E-state index contributed by atoms with van der Waals surface area (Å²) in [6, 6.07) is 6.73. The zero-order chi connectivity index (χ0) is 24.5. The summed E-state index contributed by atoms with van der Waals surface area (Å²) in [4.78, 5) is 8.08. The fourth-order valence-corrected chi connectivity index (χ4v) is 3.57. The van der Waals surface area contributed by atoms with Crippen molar-refractivity contribution in [2.45, 2.75) is 26.8 Å². The summed E-state index contributed by atoms with van der Waals surface area (Å²) in [6.07, 6.45) is 4.37. The van der Waals surface area contributed by atoms with Gasteiger partial charge in [0.05, 0.1) is 34.9 Å². The minimum atomic E-state index is -1.58. The Labute approximate surface area is 197 Å². The summed E-state index contributed by atoms with van der Waals surface area (Å²) in [7, 11) is 0. The van der Waals surface area contributed by atoms with Crippen LogP contribution in [-0.2, 0) is 0 Å². The highest BCUT2D eigenvalue weighted by atomic mass is 35.5. The monoisotopic (exact) mass is 467 g/mol. The summed E-state index contributed by atoms with van der Waals surface area (Å²) >= 11 is 6.58. The van der Waals surface area contributed by atoms with Crippen LogP contribution in [0.25, 0.3) is 10.9 Å². The lowest BCUT2D eigenvalue weighted by molar-refractivity contribution is 0.443. The van der Waals surface area contributed by atoms with Gasteiger partial charge < -0.3 is 21.5 Å². The number of halogens is 2. The number of nitrogens with zero attached hydrogens (tertiary/aromatic N) is 3. The largest absolute Gasteiger partial charge is 0.383 e. The van der Waals surface area contributed by atoms with Crippen LogP contribution in [0.3, 0.4) is 0 Å². The highest BCUT2D eigenvalue weighted by Crippen LogP contribution is 2.35. The van der Waals surface area contributed by atoms with Crippen molar-refractivity contribution in [2.24, 2.45) is 5.41 Å². The molecule has 8 nitrogen and oxygen atoms in total. The molecule has 0 bridgehead atoms. The van der Waals surface area contributed by atoms with Crippen LogP contribution in [-0.4, -0.2) is 16.5 Å². The molecule has 1 atom stereocenters. The van der Waals surface area contributed by atoms with Gasteiger partial charge in [0.25, 0.3) is 0 Å². The second kappa shape index (κ2) is 9.10. The van der Waals surface area contributed by atoms with Crippen LogP contribution < -0.4 is 27.0 Å². The van der Waals surface area contributed by atoms with E-state index < -0.39 is 12.0 Å². The predicted molar refractivity (Wildman–Crippen MR) is 127 cm³/mol. The van der Waals surface area contributed by atoms with E-state index in [0.717, 1.165) is 0 Å². The normalized spacial score (nSPS) is 15.5. The first-order valence-corrected chi connectivity index (χ1v) is 10.6. The number of hydrazine groups is 2. The first-order valence-electron chi connectivity index (χ1n) is 10.7. The highest BCUT2D eigenvalue weighted by Gasteiger charge is 2.22. The summed E-state index contributed by atoms with van der Waals surface area (Å²) in [6.45, 7) is 6.88. The maximum absolute atomic E-state index is 13.5. The van der Waals surface area contributed by atoms with Gasteiger partial charge in [0.2, 0.25) is 5.95 Å². The lowest BCUT2D eigenvalue weighted by Crippen LogP contribution is -2.34. The summed E-state index contributed by atoms with van der Waals surface area (Å²) in [5.74, 6) is -0.644. The third kappa shape index (κ3) is 5.08. The highest BCUT2D eigenvalue weighted by molar-refractivity contribution is 6.35. The molecule has 2 aromatic heterocycles. The summed E-state index contributed by atoms with van der Waals surface area (Å²) < 4.78 is 22.7. The van der Waals surface area contributed by atoms with Gasteiger partial charge in [-0.1, -0.05) is 38.4 Å². The van der Waals surface area contributed by atoms with E-state index in [1.165, 1.54) is 24.5 Å². The van der Waals surface area contributed by atoms with Gasteiger partial charge in [0, 0.05) is 36.2 Å². The molecule has 3 heterocycles. The van der Waals surface area contributed by atoms with Gasteiger partial charge in [0.1, 0.15) is 6.07 Å². The number of fused-ring (bicyclic) bond motifs is 1. The smallest absolute Gasteiger partial charge is 0.212 e. The van der Waals surface area contributed by atoms with Gasteiger partial charge in [-0.2, -0.15) is 15.2 Å². The maximum atomic E-state index is 13.5. The number of nitriles is 1. The molecule has 1 aromatic carbocycles. The number of hydrogen-bond donors (Lipinski definition) is 5. The van der Waals surface area contributed by atoms with Crippen LogP contribution in [0.4, 0.5) is 15.8 Å². The van der Waals surface area contributed by atoms with Crippen LogP contribution in [0.15, 0.2) is 48.6 Å². The number of nitrogens with one attached hydrogen (secondary N) is 5. The lowest BCUT2D eigenvalue weighted by Gasteiger charge is -2.23. The van der Waals surface area contributed by atoms with Gasteiger partial charge in [-0.15, -0.1) is 0 Å². The maximum Gasteiger partial charge on any atom is 0.212 e. The van der Waals surface area contributed by atoms with E-state index in [1.807, 2.05) is 0 Å². The van der Waals surface area contributed by atoms with Gasteiger partial charge in [-0.3, -0.25) is 4.98 Å². The second-order valence-electron chi connectivity index (χ2n) is 8.75. The van der Waals surface area contributed by atoms with Crippen LogP contribution >= 0.6 is 11.6 Å². The van der Waals surface area contributed by atoms with Crippen LogP contribution in [0.5, 0.6) is 0 Å². The Morgan fingerprint density at radius 2 is 2.09 bits per heavy atom. The van der Waals surface area contributed by atoms with Crippen molar-refractivity contribution >= 4 is 33.9 Å². The van der Waals surface area contributed by atoms with E-state index in [0.29, 0.717) is 50.7 Å². The van der Waals surface area contributed by atoms with Gasteiger partial charge >= 0.3 is 0 Å². The Morgan fingerprint density at radius 1 is 1.27 bits per heavy atom.